The van der Waals surface area contributed by atoms with Crippen LogP contribution in [0.5, 0.6) is 0 Å². The zero-order valence-corrected chi connectivity index (χ0v) is 10.8. The Bertz CT molecular complexity index is 653. The van der Waals surface area contributed by atoms with E-state index < -0.39 is 10.9 Å². The lowest BCUT2D eigenvalue weighted by molar-refractivity contribution is -0.394. The Morgan fingerprint density at radius 2 is 2.24 bits per heavy atom. The number of nitro groups is 1. The molecule has 1 N–H and O–H groups in total. The smallest absolute Gasteiger partial charge is 0.390 e. The van der Waals surface area contributed by atoms with E-state index in [4.69, 9.17) is 0 Å². The molecule has 2 aromatic rings. The molecular formula is C11H11N7O3. The number of pyridine rings is 1. The van der Waals surface area contributed by atoms with E-state index in [9.17, 15) is 14.9 Å². The highest BCUT2D eigenvalue weighted by atomic mass is 16.6. The van der Waals surface area contributed by atoms with Crippen LogP contribution >= 0.6 is 0 Å². The van der Waals surface area contributed by atoms with Crippen molar-refractivity contribution in [3.63, 3.8) is 0 Å². The van der Waals surface area contributed by atoms with Gasteiger partial charge in [0.25, 0.3) is 0 Å². The lowest BCUT2D eigenvalue weighted by Gasteiger charge is -1.97. The summed E-state index contributed by atoms with van der Waals surface area (Å²) < 4.78 is 1.23. The van der Waals surface area contributed by atoms with Crippen molar-refractivity contribution in [3.8, 4) is 0 Å². The van der Waals surface area contributed by atoms with Gasteiger partial charge in [0.15, 0.2) is 0 Å². The summed E-state index contributed by atoms with van der Waals surface area (Å²) >= 11 is 0. The fourth-order valence-electron chi connectivity index (χ4n) is 1.38. The van der Waals surface area contributed by atoms with Gasteiger partial charge in [0, 0.05) is 23.9 Å². The Balaban J connectivity index is 1.77. The lowest BCUT2D eigenvalue weighted by Crippen LogP contribution is -2.19. The monoisotopic (exact) mass is 289 g/mol. The molecule has 0 unspecified atom stereocenters. The van der Waals surface area contributed by atoms with Crippen molar-refractivity contribution in [1.82, 2.24) is 25.2 Å². The van der Waals surface area contributed by atoms with Crippen molar-refractivity contribution in [3.05, 3.63) is 46.5 Å². The molecule has 0 spiro atoms. The van der Waals surface area contributed by atoms with Crippen molar-refractivity contribution in [2.75, 3.05) is 0 Å². The van der Waals surface area contributed by atoms with Crippen molar-refractivity contribution < 1.29 is 9.72 Å². The van der Waals surface area contributed by atoms with Gasteiger partial charge in [-0.15, -0.1) is 0 Å². The van der Waals surface area contributed by atoms with Crippen LogP contribution in [-0.2, 0) is 11.3 Å². The van der Waals surface area contributed by atoms with Gasteiger partial charge < -0.3 is 10.1 Å². The molecule has 10 heteroatoms. The molecule has 2 rings (SSSR count). The van der Waals surface area contributed by atoms with Crippen molar-refractivity contribution in [1.29, 1.82) is 0 Å². The van der Waals surface area contributed by atoms with E-state index in [0.717, 1.165) is 5.56 Å². The molecule has 0 saturated heterocycles. The molecule has 2 aromatic heterocycles. The third-order valence-corrected chi connectivity index (χ3v) is 2.36. The number of aryl methyl sites for hydroxylation is 1. The zero-order chi connectivity index (χ0) is 15.1. The number of hydrogen-bond acceptors (Lipinski definition) is 7. The molecule has 0 aromatic carbocycles. The molecular weight excluding hydrogens is 278 g/mol. The summed E-state index contributed by atoms with van der Waals surface area (Å²) in [4.78, 5) is 28.5. The summed E-state index contributed by atoms with van der Waals surface area (Å²) in [6, 6.07) is 3.48. The van der Waals surface area contributed by atoms with Gasteiger partial charge in [0.1, 0.15) is 0 Å². The quantitative estimate of drug-likeness (QED) is 0.457. The number of hydrogen-bond donors (Lipinski definition) is 1. The van der Waals surface area contributed by atoms with Gasteiger partial charge in [-0.3, -0.25) is 9.78 Å². The van der Waals surface area contributed by atoms with Gasteiger partial charge in [0.05, 0.1) is 12.8 Å². The van der Waals surface area contributed by atoms with Crippen LogP contribution in [0.25, 0.3) is 0 Å². The average molecular weight is 289 g/mol. The van der Waals surface area contributed by atoms with Gasteiger partial charge in [-0.1, -0.05) is 4.98 Å². The molecule has 0 aliphatic rings. The van der Waals surface area contributed by atoms with Crippen LogP contribution in [0.1, 0.15) is 12.0 Å². The maximum atomic E-state index is 11.5. The van der Waals surface area contributed by atoms with Crippen LogP contribution in [-0.4, -0.2) is 36.8 Å². The van der Waals surface area contributed by atoms with Gasteiger partial charge >= 0.3 is 5.95 Å². The number of carbonyl (C=O) groups is 1. The SMILES string of the molecule is O=C(CCn1cnc([N+](=O)[O-])n1)N/N=C/c1ccncc1. The first-order chi connectivity index (χ1) is 10.1. The minimum absolute atomic E-state index is 0.0776. The standard InChI is InChI=1S/C11H11N7O3/c19-10(15-14-7-9-1-4-12-5-2-9)3-6-17-8-13-11(16-17)18(20)21/h1-2,4-5,7-8H,3,6H2,(H,15,19)/b14-7+. The second kappa shape index (κ2) is 6.84. The van der Waals surface area contributed by atoms with E-state index >= 15 is 0 Å². The minimum Gasteiger partial charge on any atom is -0.390 e. The van der Waals surface area contributed by atoms with Crippen LogP contribution < -0.4 is 5.43 Å². The Labute approximate surface area is 118 Å². The average Bonchev–Trinajstić information content (AvgIpc) is 2.95. The fourth-order valence-corrected chi connectivity index (χ4v) is 1.38. The summed E-state index contributed by atoms with van der Waals surface area (Å²) in [5.41, 5.74) is 3.15. The minimum atomic E-state index is -0.699. The van der Waals surface area contributed by atoms with Crippen molar-refractivity contribution >= 4 is 18.1 Å². The van der Waals surface area contributed by atoms with Gasteiger partial charge in [-0.2, -0.15) is 9.78 Å². The number of nitrogens with zero attached hydrogens (tertiary/aromatic N) is 6. The summed E-state index contributed by atoms with van der Waals surface area (Å²) in [5, 5.41) is 17.8. The molecule has 21 heavy (non-hydrogen) atoms. The normalized spacial score (nSPS) is 10.7. The highest BCUT2D eigenvalue weighted by Crippen LogP contribution is 2.00. The molecule has 0 aliphatic carbocycles. The molecule has 10 nitrogen and oxygen atoms in total. The molecule has 1 amide bonds. The Hall–Kier alpha value is -3.17. The first kappa shape index (κ1) is 14.2. The van der Waals surface area contributed by atoms with E-state index in [1.165, 1.54) is 17.2 Å². The second-order valence-corrected chi connectivity index (χ2v) is 3.89. The van der Waals surface area contributed by atoms with Gasteiger partial charge in [-0.25, -0.2) is 5.43 Å². The second-order valence-electron chi connectivity index (χ2n) is 3.89. The number of nitrogens with one attached hydrogen (secondary N) is 1. The molecule has 2 heterocycles. The number of aromatic nitrogens is 4. The summed E-state index contributed by atoms with van der Waals surface area (Å²) in [6.45, 7) is 0.178. The molecule has 0 atom stereocenters. The molecule has 0 fully saturated rings. The maximum absolute atomic E-state index is 11.5. The highest BCUT2D eigenvalue weighted by Gasteiger charge is 2.13. The van der Waals surface area contributed by atoms with Gasteiger partial charge in [-0.05, 0) is 22.6 Å². The van der Waals surface area contributed by atoms with Crippen LogP contribution in [0, 0.1) is 10.1 Å². The Morgan fingerprint density at radius 1 is 1.48 bits per heavy atom. The van der Waals surface area contributed by atoms with E-state index in [1.807, 2.05) is 0 Å². The highest BCUT2D eigenvalue weighted by molar-refractivity contribution is 5.82. The molecule has 0 bridgehead atoms. The number of rotatable bonds is 6. The van der Waals surface area contributed by atoms with E-state index in [2.05, 4.69) is 25.6 Å². The molecule has 108 valence electrons. The largest absolute Gasteiger partial charge is 0.490 e. The maximum Gasteiger partial charge on any atom is 0.490 e. The Morgan fingerprint density at radius 3 is 2.90 bits per heavy atom. The molecule has 0 radical (unpaired) electrons. The van der Waals surface area contributed by atoms with E-state index in [-0.39, 0.29) is 18.9 Å². The molecule has 0 aliphatic heterocycles. The number of carbonyl (C=O) groups excluding carboxylic acids is 1. The third kappa shape index (κ3) is 4.45. The topological polar surface area (TPSA) is 128 Å². The van der Waals surface area contributed by atoms with Crippen LogP contribution in [0.2, 0.25) is 0 Å². The van der Waals surface area contributed by atoms with E-state index in [0.29, 0.717) is 0 Å². The summed E-state index contributed by atoms with van der Waals surface area (Å²) in [6.07, 6.45) is 5.99. The first-order valence-electron chi connectivity index (χ1n) is 5.91. The number of hydrazone groups is 1. The fraction of sp³-hybridized carbons (Fsp3) is 0.182. The van der Waals surface area contributed by atoms with Crippen molar-refractivity contribution in [2.45, 2.75) is 13.0 Å². The van der Waals surface area contributed by atoms with Crippen LogP contribution in [0.3, 0.4) is 0 Å². The molecule has 0 saturated carbocycles. The van der Waals surface area contributed by atoms with Crippen LogP contribution in [0.4, 0.5) is 5.95 Å². The predicted octanol–water partition coefficient (Wildman–Crippen LogP) is 0.122. The summed E-state index contributed by atoms with van der Waals surface area (Å²) in [7, 11) is 0. The third-order valence-electron chi connectivity index (χ3n) is 2.36. The van der Waals surface area contributed by atoms with Crippen LogP contribution in [0.15, 0.2) is 36.0 Å². The van der Waals surface area contributed by atoms with Crippen molar-refractivity contribution in [2.24, 2.45) is 5.10 Å². The van der Waals surface area contributed by atoms with Gasteiger partial charge in [0.2, 0.25) is 12.2 Å². The predicted molar refractivity (Wildman–Crippen MR) is 71.3 cm³/mol. The Kier molecular flexibility index (Phi) is 4.64. The summed E-state index contributed by atoms with van der Waals surface area (Å²) in [5.74, 6) is -0.829. The number of amides is 1. The lowest BCUT2D eigenvalue weighted by atomic mass is 10.3. The first-order valence-corrected chi connectivity index (χ1v) is 5.91. The zero-order valence-electron chi connectivity index (χ0n) is 10.8. The van der Waals surface area contributed by atoms with E-state index in [1.54, 1.807) is 24.5 Å².